The number of phosphoric acid groups is 3. The van der Waals surface area contributed by atoms with Crippen molar-refractivity contribution in [2.24, 2.45) is 0 Å². The van der Waals surface area contributed by atoms with Gasteiger partial charge in [0.1, 0.15) is 18.9 Å². The number of ether oxygens (including phenoxy) is 1. The van der Waals surface area contributed by atoms with Crippen LogP contribution in [0.15, 0.2) is 17.1 Å². The van der Waals surface area contributed by atoms with Crippen molar-refractivity contribution in [1.29, 1.82) is 0 Å². The molecule has 3 unspecified atom stereocenters. The first-order valence-corrected chi connectivity index (χ1v) is 13.0. The number of aromatic nitrogens is 3. The molecule has 1 aliphatic heterocycles. The Morgan fingerprint density at radius 3 is 2.53 bits per heavy atom. The van der Waals surface area contributed by atoms with Crippen LogP contribution in [0.1, 0.15) is 8.97 Å². The number of hydrogen-bond donors (Lipinski definition) is 7. The second kappa shape index (κ2) is 9.13. The van der Waals surface area contributed by atoms with Gasteiger partial charge in [0.2, 0.25) is 11.6 Å². The fourth-order valence-electron chi connectivity index (χ4n) is 2.92. The van der Waals surface area contributed by atoms with E-state index >= 15 is 4.39 Å². The summed E-state index contributed by atoms with van der Waals surface area (Å²) in [6.07, 6.45) is -6.74. The number of aliphatic hydroxyl groups is 1. The molecule has 1 saturated heterocycles. The molecule has 0 spiro atoms. The highest BCUT2D eigenvalue weighted by atomic mass is 31.3. The monoisotopic (exact) mass is 558 g/mol. The zero-order valence-electron chi connectivity index (χ0n) is 18.2. The molecule has 0 aliphatic carbocycles. The minimum atomic E-state index is -6.13. The maximum absolute atomic E-state index is 15.6. The molecular formula is C12H17F2N4O13P3. The van der Waals surface area contributed by atoms with Gasteiger partial charge in [0, 0.05) is 6.20 Å². The molecule has 3 rings (SSSR count). The molecule has 8 N–H and O–H groups in total. The Kier molecular flexibility index (Phi) is 6.48. The molecule has 3 heterocycles. The van der Waals surface area contributed by atoms with E-state index in [-0.39, 0.29) is 11.0 Å². The fraction of sp³-hybridized carbons (Fsp3) is 0.500. The second-order valence-corrected chi connectivity index (χ2v) is 11.0. The van der Waals surface area contributed by atoms with E-state index in [1.54, 1.807) is 0 Å². The number of nitrogens with one attached hydrogen (secondary N) is 1. The number of H-pyrrole nitrogens is 1. The van der Waals surface area contributed by atoms with E-state index < -0.39 is 72.3 Å². The highest BCUT2D eigenvalue weighted by molar-refractivity contribution is 7.66. The van der Waals surface area contributed by atoms with E-state index in [4.69, 9.17) is 23.0 Å². The minimum Gasteiger partial charge on any atom is -0.387 e. The number of fused-ring (bicyclic) bond motifs is 1. The molecule has 0 saturated carbocycles. The van der Waals surface area contributed by atoms with E-state index in [0.717, 1.165) is 12.3 Å². The Morgan fingerprint density at radius 1 is 1.29 bits per heavy atom. The van der Waals surface area contributed by atoms with Crippen molar-refractivity contribution < 1.29 is 67.8 Å². The van der Waals surface area contributed by atoms with Crippen LogP contribution in [0.5, 0.6) is 0 Å². The van der Waals surface area contributed by atoms with Crippen LogP contribution in [0.2, 0.25) is 0 Å². The average Bonchev–Trinajstić information content (AvgIpc) is 3.17. The number of alkyl halides is 2. The number of phosphoric ester groups is 1. The van der Waals surface area contributed by atoms with E-state index in [1.807, 2.05) is 0 Å². The standard InChI is InChI=1S/C12H17F2N4O13P3/c13-4-12(14)7(19)6(3-28-33(24,25)31-34(26,27)30-32(21,22)23)29-10(12)18-2-1-5-8(18)16-11(15)17-9(5)20/h1-2,6-7,10,19H,3-4H2,(H,24,25)(H,26,27)(H2,21,22,23)(H3,15,16,17,20)/t6-,7+,10-,12?/m1/s1/i3D2. The zero-order valence-corrected chi connectivity index (χ0v) is 18.8. The lowest BCUT2D eigenvalue weighted by Gasteiger charge is -2.26. The maximum atomic E-state index is 15.6. The van der Waals surface area contributed by atoms with Crippen molar-refractivity contribution in [3.63, 3.8) is 0 Å². The number of aromatic amines is 1. The van der Waals surface area contributed by atoms with Gasteiger partial charge in [-0.3, -0.25) is 14.3 Å². The number of anilines is 1. The molecule has 1 aliphatic rings. The number of nitrogen functional groups attached to an aromatic ring is 1. The van der Waals surface area contributed by atoms with Gasteiger partial charge in [-0.1, -0.05) is 0 Å². The van der Waals surface area contributed by atoms with E-state index in [9.17, 15) is 37.8 Å². The molecular weight excluding hydrogens is 539 g/mol. The number of rotatable bonds is 9. The van der Waals surface area contributed by atoms with Gasteiger partial charge in [0.15, 0.2) is 11.9 Å². The smallest absolute Gasteiger partial charge is 0.387 e. The van der Waals surface area contributed by atoms with Crippen LogP contribution in [0, 0.1) is 0 Å². The Balaban J connectivity index is 1.94. The van der Waals surface area contributed by atoms with Crippen LogP contribution in [0.4, 0.5) is 14.7 Å². The van der Waals surface area contributed by atoms with Crippen LogP contribution in [-0.2, 0) is 31.6 Å². The molecule has 6 atom stereocenters. The highest BCUT2D eigenvalue weighted by Crippen LogP contribution is 2.66. The first-order chi connectivity index (χ1) is 16.2. The molecule has 34 heavy (non-hydrogen) atoms. The maximum Gasteiger partial charge on any atom is 0.490 e. The van der Waals surface area contributed by atoms with Gasteiger partial charge in [-0.2, -0.15) is 13.6 Å². The van der Waals surface area contributed by atoms with Crippen molar-refractivity contribution in [2.45, 2.75) is 24.1 Å². The summed E-state index contributed by atoms with van der Waals surface area (Å²) in [4.78, 5) is 53.7. The number of nitrogens with two attached hydrogens (primary N) is 1. The lowest BCUT2D eigenvalue weighted by atomic mass is 9.97. The summed E-state index contributed by atoms with van der Waals surface area (Å²) in [5.41, 5.74) is 0.787. The van der Waals surface area contributed by atoms with Crippen LogP contribution in [-0.4, -0.2) is 70.3 Å². The number of aliphatic hydroxyl groups excluding tert-OH is 1. The quantitative estimate of drug-likeness (QED) is 0.193. The van der Waals surface area contributed by atoms with Crippen molar-refractivity contribution in [1.82, 2.24) is 14.5 Å². The van der Waals surface area contributed by atoms with Gasteiger partial charge in [0.05, 0.1) is 14.7 Å². The summed E-state index contributed by atoms with van der Waals surface area (Å²) in [5, 5.41) is 10.2. The van der Waals surface area contributed by atoms with Crippen LogP contribution in [0.25, 0.3) is 11.0 Å². The fourth-order valence-corrected chi connectivity index (χ4v) is 5.80. The molecule has 1 fully saturated rings. The van der Waals surface area contributed by atoms with Crippen LogP contribution < -0.4 is 11.3 Å². The average molecular weight is 558 g/mol. The summed E-state index contributed by atoms with van der Waals surface area (Å²) in [6, 6.07) is 1.09. The third-order valence-corrected chi connectivity index (χ3v) is 7.89. The molecule has 0 amide bonds. The molecule has 0 bridgehead atoms. The topological polar surface area (TPSA) is 266 Å². The molecule has 0 radical (unpaired) electrons. The predicted octanol–water partition coefficient (Wildman–Crippen LogP) is -0.414. The molecule has 2 aromatic rings. The third kappa shape index (κ3) is 5.62. The van der Waals surface area contributed by atoms with Gasteiger partial charge in [-0.05, 0) is 6.07 Å². The molecule has 192 valence electrons. The number of hydrogen-bond acceptors (Lipinski definition) is 11. The Labute approximate surface area is 189 Å². The molecule has 17 nitrogen and oxygen atoms in total. The van der Waals surface area contributed by atoms with Gasteiger partial charge >= 0.3 is 23.5 Å². The Morgan fingerprint density at radius 2 is 1.94 bits per heavy atom. The van der Waals surface area contributed by atoms with Gasteiger partial charge in [-0.15, -0.1) is 0 Å². The summed E-state index contributed by atoms with van der Waals surface area (Å²) in [6.45, 7) is -5.83. The first kappa shape index (κ1) is 24.1. The number of nitrogens with zero attached hydrogens (tertiary/aromatic N) is 2. The van der Waals surface area contributed by atoms with E-state index in [1.165, 1.54) is 0 Å². The second-order valence-electron chi connectivity index (χ2n) is 6.63. The first-order valence-electron chi connectivity index (χ1n) is 9.51. The SMILES string of the molecule is [2H]C([2H])(OP(=O)(O)OP(=O)(O)OP(=O)(O)O)[C@H]1O[C@@H](n2ccc3c(=O)[nH]c(N)nc32)C(F)(CF)[C@H]1O. The Bertz CT molecular complexity index is 1370. The van der Waals surface area contributed by atoms with Gasteiger partial charge in [-0.25, -0.2) is 22.5 Å². The Hall–Kier alpha value is -1.59. The third-order valence-electron chi connectivity index (χ3n) is 4.22. The van der Waals surface area contributed by atoms with Crippen molar-refractivity contribution in [3.8, 4) is 0 Å². The summed E-state index contributed by atoms with van der Waals surface area (Å²) in [7, 11) is -17.9. The summed E-state index contributed by atoms with van der Waals surface area (Å²) in [5.74, 6) is -0.449. The van der Waals surface area contributed by atoms with E-state index in [2.05, 4.69) is 23.1 Å². The lowest BCUT2D eigenvalue weighted by Crippen LogP contribution is -2.45. The van der Waals surface area contributed by atoms with Gasteiger partial charge < -0.3 is 39.7 Å². The van der Waals surface area contributed by atoms with Crippen molar-refractivity contribution >= 4 is 40.4 Å². The molecule has 2 aromatic heterocycles. The van der Waals surface area contributed by atoms with E-state index in [0.29, 0.717) is 4.57 Å². The summed E-state index contributed by atoms with van der Waals surface area (Å²) < 4.78 is 95.8. The van der Waals surface area contributed by atoms with Crippen molar-refractivity contribution in [3.05, 3.63) is 22.6 Å². The van der Waals surface area contributed by atoms with Crippen molar-refractivity contribution in [2.75, 3.05) is 19.0 Å². The minimum absolute atomic E-state index is 0.191. The summed E-state index contributed by atoms with van der Waals surface area (Å²) >= 11 is 0. The highest BCUT2D eigenvalue weighted by Gasteiger charge is 2.59. The molecule has 0 aromatic carbocycles. The zero-order chi connectivity index (χ0) is 27.5. The normalized spacial score (nSPS) is 30.5. The predicted molar refractivity (Wildman–Crippen MR) is 104 cm³/mol. The van der Waals surface area contributed by atoms with Crippen LogP contribution in [0.3, 0.4) is 0 Å². The lowest BCUT2D eigenvalue weighted by molar-refractivity contribution is -0.0683. The molecule has 22 heteroatoms. The largest absolute Gasteiger partial charge is 0.490 e. The van der Waals surface area contributed by atoms with Gasteiger partial charge in [0.25, 0.3) is 5.56 Å². The number of halogens is 2. The van der Waals surface area contributed by atoms with Crippen LogP contribution >= 0.6 is 23.5 Å².